The van der Waals surface area contributed by atoms with E-state index < -0.39 is 6.10 Å². The highest BCUT2D eigenvalue weighted by molar-refractivity contribution is 9.10. The Labute approximate surface area is 133 Å². The van der Waals surface area contributed by atoms with Crippen LogP contribution in [-0.2, 0) is 6.54 Å². The second kappa shape index (κ2) is 5.48. The van der Waals surface area contributed by atoms with Crippen LogP contribution in [0.3, 0.4) is 0 Å². The molecule has 0 radical (unpaired) electrons. The number of hydrogen-bond acceptors (Lipinski definition) is 2. The van der Waals surface area contributed by atoms with E-state index in [0.29, 0.717) is 6.54 Å². The Morgan fingerprint density at radius 2 is 1.45 bits per heavy atom. The molecule has 0 aliphatic heterocycles. The van der Waals surface area contributed by atoms with Crippen molar-refractivity contribution >= 4 is 53.7 Å². The quantitative estimate of drug-likeness (QED) is 0.706. The van der Waals surface area contributed by atoms with E-state index in [1.165, 1.54) is 0 Å². The summed E-state index contributed by atoms with van der Waals surface area (Å²) < 4.78 is 4.03. The molecule has 0 bridgehead atoms. The topological polar surface area (TPSA) is 45.4 Å². The molecule has 3 aromatic rings. The van der Waals surface area contributed by atoms with Crippen molar-refractivity contribution in [3.05, 3.63) is 45.3 Å². The van der Waals surface area contributed by atoms with Crippen molar-refractivity contribution in [2.24, 2.45) is 0 Å². The minimum absolute atomic E-state index is 0.247. The zero-order valence-corrected chi connectivity index (χ0v) is 13.7. The van der Waals surface area contributed by atoms with Crippen molar-refractivity contribution in [2.45, 2.75) is 12.6 Å². The second-order valence-corrected chi connectivity index (χ2v) is 6.60. The van der Waals surface area contributed by atoms with Gasteiger partial charge in [0.25, 0.3) is 0 Å². The van der Waals surface area contributed by atoms with Gasteiger partial charge in [0, 0.05) is 19.7 Å². The lowest BCUT2D eigenvalue weighted by molar-refractivity contribution is 0.0831. The summed E-state index contributed by atoms with van der Waals surface area (Å²) in [5.41, 5.74) is 2.08. The van der Waals surface area contributed by atoms with Gasteiger partial charge in [0.15, 0.2) is 0 Å². The van der Waals surface area contributed by atoms with E-state index in [0.717, 1.165) is 30.8 Å². The van der Waals surface area contributed by atoms with E-state index in [9.17, 15) is 5.11 Å². The molecular weight excluding hydrogens is 386 g/mol. The summed E-state index contributed by atoms with van der Waals surface area (Å²) in [5.74, 6) is 0. The molecule has 0 spiro atoms. The largest absolute Gasteiger partial charge is 0.394 e. The average Bonchev–Trinajstić information content (AvgIpc) is 2.72. The fourth-order valence-electron chi connectivity index (χ4n) is 2.51. The molecule has 1 unspecified atom stereocenters. The molecule has 0 aliphatic rings. The number of nitrogens with zero attached hydrogens (tertiary/aromatic N) is 1. The molecule has 1 heterocycles. The fraction of sp³-hybridized carbons (Fsp3) is 0.200. The first kappa shape index (κ1) is 14.1. The van der Waals surface area contributed by atoms with Crippen LogP contribution in [0.2, 0.25) is 0 Å². The fourth-order valence-corrected chi connectivity index (χ4v) is 3.20. The van der Waals surface area contributed by atoms with E-state index in [2.05, 4.69) is 44.0 Å². The number of hydrogen-bond donors (Lipinski definition) is 2. The average molecular weight is 399 g/mol. The van der Waals surface area contributed by atoms with Gasteiger partial charge in [-0.05, 0) is 24.3 Å². The third-order valence-corrected chi connectivity index (χ3v) is 4.38. The normalized spacial score (nSPS) is 13.2. The maximum atomic E-state index is 9.79. The number of aromatic nitrogens is 1. The van der Waals surface area contributed by atoms with Gasteiger partial charge in [0.1, 0.15) is 0 Å². The number of halogens is 2. The molecular formula is C15H13Br2NO2. The molecule has 104 valence electrons. The van der Waals surface area contributed by atoms with E-state index in [4.69, 9.17) is 5.11 Å². The maximum Gasteiger partial charge on any atom is 0.0949 e. The summed E-state index contributed by atoms with van der Waals surface area (Å²) in [6.45, 7) is 0.118. The zero-order valence-electron chi connectivity index (χ0n) is 10.6. The van der Waals surface area contributed by atoms with Gasteiger partial charge in [-0.25, -0.2) is 0 Å². The molecule has 1 atom stereocenters. The molecule has 1 aromatic heterocycles. The van der Waals surface area contributed by atoms with Gasteiger partial charge in [0.05, 0.1) is 30.3 Å². The third kappa shape index (κ3) is 2.39. The van der Waals surface area contributed by atoms with Crippen molar-refractivity contribution in [3.8, 4) is 0 Å². The van der Waals surface area contributed by atoms with Gasteiger partial charge in [-0.1, -0.05) is 44.0 Å². The van der Waals surface area contributed by atoms with Gasteiger partial charge >= 0.3 is 0 Å². The maximum absolute atomic E-state index is 9.79. The first-order valence-corrected chi connectivity index (χ1v) is 7.84. The number of rotatable bonds is 3. The smallest absolute Gasteiger partial charge is 0.0949 e. The lowest BCUT2D eigenvalue weighted by Gasteiger charge is -2.11. The molecule has 0 amide bonds. The van der Waals surface area contributed by atoms with Crippen molar-refractivity contribution in [1.29, 1.82) is 0 Å². The summed E-state index contributed by atoms with van der Waals surface area (Å²) in [6, 6.07) is 12.2. The number of aliphatic hydroxyl groups is 2. The predicted molar refractivity (Wildman–Crippen MR) is 87.9 cm³/mol. The molecule has 0 fully saturated rings. The Hall–Kier alpha value is -0.880. The monoisotopic (exact) mass is 397 g/mol. The molecule has 3 nitrogen and oxygen atoms in total. The van der Waals surface area contributed by atoms with Crippen LogP contribution in [0, 0.1) is 0 Å². The van der Waals surface area contributed by atoms with Crippen molar-refractivity contribution < 1.29 is 10.2 Å². The first-order chi connectivity index (χ1) is 9.60. The molecule has 2 N–H and O–H groups in total. The van der Waals surface area contributed by atoms with Crippen LogP contribution in [0.15, 0.2) is 45.3 Å². The van der Waals surface area contributed by atoms with Gasteiger partial charge in [0.2, 0.25) is 0 Å². The minimum atomic E-state index is -0.772. The summed E-state index contributed by atoms with van der Waals surface area (Å²) >= 11 is 6.97. The van der Waals surface area contributed by atoms with E-state index in [1.807, 2.05) is 28.8 Å². The minimum Gasteiger partial charge on any atom is -0.394 e. The molecule has 3 rings (SSSR count). The van der Waals surface area contributed by atoms with E-state index >= 15 is 0 Å². The molecule has 20 heavy (non-hydrogen) atoms. The summed E-state index contributed by atoms with van der Waals surface area (Å²) in [5, 5.41) is 21.2. The van der Waals surface area contributed by atoms with Crippen LogP contribution in [0.25, 0.3) is 21.8 Å². The van der Waals surface area contributed by atoms with Crippen LogP contribution < -0.4 is 0 Å². The molecule has 0 saturated carbocycles. The molecule has 5 heteroatoms. The SMILES string of the molecule is OCC(O)Cn1c2cc(Br)ccc2c2ccc(Br)cc21. The molecule has 0 saturated heterocycles. The first-order valence-electron chi connectivity index (χ1n) is 6.26. The predicted octanol–water partition coefficient (Wildman–Crippen LogP) is 3.67. The zero-order chi connectivity index (χ0) is 14.3. The number of aliphatic hydroxyl groups excluding tert-OH is 2. The van der Waals surface area contributed by atoms with Crippen LogP contribution in [0.5, 0.6) is 0 Å². The standard InChI is InChI=1S/C15H13Br2NO2/c16-9-1-3-12-13-4-2-10(17)6-15(13)18(14(12)5-9)7-11(20)8-19/h1-6,11,19-20H,7-8H2. The van der Waals surface area contributed by atoms with Crippen molar-refractivity contribution in [1.82, 2.24) is 4.57 Å². The van der Waals surface area contributed by atoms with Gasteiger partial charge in [-0.2, -0.15) is 0 Å². The lowest BCUT2D eigenvalue weighted by atomic mass is 10.2. The Bertz CT molecular complexity index is 723. The Morgan fingerprint density at radius 3 is 1.90 bits per heavy atom. The van der Waals surface area contributed by atoms with Gasteiger partial charge in [-0.15, -0.1) is 0 Å². The molecule has 0 aliphatic carbocycles. The van der Waals surface area contributed by atoms with Crippen LogP contribution in [0.4, 0.5) is 0 Å². The summed E-state index contributed by atoms with van der Waals surface area (Å²) in [7, 11) is 0. The third-order valence-electron chi connectivity index (χ3n) is 3.40. The van der Waals surface area contributed by atoms with Gasteiger partial charge < -0.3 is 14.8 Å². The Kier molecular flexibility index (Phi) is 3.86. The van der Waals surface area contributed by atoms with Crippen LogP contribution in [0.1, 0.15) is 0 Å². The van der Waals surface area contributed by atoms with Crippen molar-refractivity contribution in [2.75, 3.05) is 6.61 Å². The highest BCUT2D eigenvalue weighted by Gasteiger charge is 2.14. The summed E-state index contributed by atoms with van der Waals surface area (Å²) in [6.07, 6.45) is -0.772. The summed E-state index contributed by atoms with van der Waals surface area (Å²) in [4.78, 5) is 0. The van der Waals surface area contributed by atoms with E-state index in [1.54, 1.807) is 0 Å². The Balaban J connectivity index is 2.35. The van der Waals surface area contributed by atoms with Crippen molar-refractivity contribution in [3.63, 3.8) is 0 Å². The van der Waals surface area contributed by atoms with Crippen LogP contribution >= 0.6 is 31.9 Å². The number of fused-ring (bicyclic) bond motifs is 3. The lowest BCUT2D eigenvalue weighted by Crippen LogP contribution is -2.19. The highest BCUT2D eigenvalue weighted by atomic mass is 79.9. The Morgan fingerprint density at radius 1 is 0.950 bits per heavy atom. The number of benzene rings is 2. The highest BCUT2D eigenvalue weighted by Crippen LogP contribution is 2.32. The molecule has 2 aromatic carbocycles. The van der Waals surface area contributed by atoms with Gasteiger partial charge in [-0.3, -0.25) is 0 Å². The van der Waals surface area contributed by atoms with Crippen LogP contribution in [-0.4, -0.2) is 27.5 Å². The van der Waals surface area contributed by atoms with E-state index in [-0.39, 0.29) is 6.61 Å². The second-order valence-electron chi connectivity index (χ2n) is 4.77.